The number of rotatable bonds is 0. The Bertz CT molecular complexity index is 23.0. The Hall–Kier alpha value is 0.0169. The van der Waals surface area contributed by atoms with Gasteiger partial charge in [-0.05, 0) is 0 Å². The average Bonchev–Trinajstić information content (AvgIpc) is 0.722. The summed E-state index contributed by atoms with van der Waals surface area (Å²) in [6, 6.07) is 0. The summed E-state index contributed by atoms with van der Waals surface area (Å²) < 4.78 is 0. The van der Waals surface area contributed by atoms with Gasteiger partial charge < -0.3 is 25.3 Å². The van der Waals surface area contributed by atoms with Crippen molar-refractivity contribution in [3.63, 3.8) is 0 Å². The largest absolute Gasteiger partial charge is 0.668 e. The van der Waals surface area contributed by atoms with E-state index in [1.807, 2.05) is 0 Å². The lowest BCUT2D eigenvalue weighted by Gasteiger charge is -1.91. The number of hydrogen-bond acceptors (Lipinski definition) is 5. The van der Waals surface area contributed by atoms with Gasteiger partial charge in [-0.15, -0.1) is 0 Å². The van der Waals surface area contributed by atoms with Crippen LogP contribution < -0.4 is 6.15 Å². The molecule has 0 heterocycles. The van der Waals surface area contributed by atoms with Gasteiger partial charge in [-0.25, -0.2) is 0 Å². The Balaban J connectivity index is 0. The highest BCUT2D eigenvalue weighted by molar-refractivity contribution is 6.46. The molecule has 7 N–H and O–H groups in total. The van der Waals surface area contributed by atoms with Gasteiger partial charge in [-0.1, -0.05) is 0 Å². The first-order valence-electron chi connectivity index (χ1n) is 0.894. The number of hydrogen-bond donors (Lipinski definition) is 5. The van der Waals surface area contributed by atoms with Gasteiger partial charge in [-0.2, -0.15) is 0 Å². The van der Waals surface area contributed by atoms with Gasteiger partial charge in [0.15, 0.2) is 0 Å². The maximum Gasteiger partial charge on any atom is 0.668 e. The Kier molecular flexibility index (Phi) is 3.50. The highest BCUT2D eigenvalue weighted by atomic mass is 28.4. The van der Waals surface area contributed by atoms with E-state index in [1.165, 1.54) is 0 Å². The lowest BCUT2D eigenvalue weighted by Crippen LogP contribution is -2.33. The molecule has 0 saturated heterocycles. The van der Waals surface area contributed by atoms with Crippen LogP contribution in [0.3, 0.4) is 0 Å². The fourth-order valence-electron chi connectivity index (χ4n) is 0. The van der Waals surface area contributed by atoms with Crippen LogP contribution in [0.1, 0.15) is 0 Å². The van der Waals surface area contributed by atoms with E-state index in [9.17, 15) is 0 Å². The van der Waals surface area contributed by atoms with Crippen molar-refractivity contribution < 1.29 is 19.2 Å². The molecule has 6 heteroatoms. The minimum atomic E-state index is -4.61. The maximum atomic E-state index is 7.33. The normalized spacial score (nSPS) is 10.0. The van der Waals surface area contributed by atoms with Crippen LogP contribution in [0.2, 0.25) is 0 Å². The van der Waals surface area contributed by atoms with Crippen LogP contribution in [0.4, 0.5) is 0 Å². The van der Waals surface area contributed by atoms with E-state index in [0.29, 0.717) is 0 Å². The SMILES string of the molecule is N.O[Si](O)(O)O. The molecule has 40 valence electrons. The van der Waals surface area contributed by atoms with Crippen molar-refractivity contribution in [3.8, 4) is 0 Å². The van der Waals surface area contributed by atoms with Crippen LogP contribution in [-0.2, 0) is 0 Å². The van der Waals surface area contributed by atoms with Crippen molar-refractivity contribution in [1.29, 1.82) is 0 Å². The van der Waals surface area contributed by atoms with Gasteiger partial charge in [0.2, 0.25) is 0 Å². The molecule has 0 atom stereocenters. The average molecular weight is 113 g/mol. The standard InChI is InChI=1S/H3N.H4O4Si/c;1-5(2,3)4/h1H3;1-4H. The molecule has 0 radical (unpaired) electrons. The monoisotopic (exact) mass is 113 g/mol. The third kappa shape index (κ3) is 128000. The molecule has 0 unspecified atom stereocenters. The molecular weight excluding hydrogens is 106 g/mol. The van der Waals surface area contributed by atoms with Gasteiger partial charge in [0.1, 0.15) is 0 Å². The highest BCUT2D eigenvalue weighted by Gasteiger charge is 2.22. The molecule has 5 nitrogen and oxygen atoms in total. The summed E-state index contributed by atoms with van der Waals surface area (Å²) in [7, 11) is -4.61. The van der Waals surface area contributed by atoms with Crippen molar-refractivity contribution in [2.24, 2.45) is 0 Å². The van der Waals surface area contributed by atoms with Gasteiger partial charge in [0.05, 0.1) is 0 Å². The quantitative estimate of drug-likeness (QED) is 0.224. The molecule has 0 fully saturated rings. The molecule has 0 saturated carbocycles. The maximum absolute atomic E-state index is 7.33. The topological polar surface area (TPSA) is 116 Å². The van der Waals surface area contributed by atoms with Crippen LogP contribution in [0.5, 0.6) is 0 Å². The molecule has 0 bridgehead atoms. The first-order valence-corrected chi connectivity index (χ1v) is 2.68. The summed E-state index contributed by atoms with van der Waals surface area (Å²) in [5, 5.41) is 0. The van der Waals surface area contributed by atoms with Crippen molar-refractivity contribution in [2.75, 3.05) is 0 Å². The second-order valence-electron chi connectivity index (χ2n) is 0.600. The first-order chi connectivity index (χ1) is 2.00. The molecule has 0 aliphatic rings. The zero-order valence-corrected chi connectivity index (χ0v) is 4.00. The molecule has 0 aliphatic heterocycles. The van der Waals surface area contributed by atoms with E-state index in [2.05, 4.69) is 0 Å². The summed E-state index contributed by atoms with van der Waals surface area (Å²) in [4.78, 5) is 29.3. The van der Waals surface area contributed by atoms with E-state index in [4.69, 9.17) is 19.2 Å². The van der Waals surface area contributed by atoms with Crippen LogP contribution >= 0.6 is 0 Å². The van der Waals surface area contributed by atoms with Crippen molar-refractivity contribution >= 4 is 9.05 Å². The molecule has 0 aromatic heterocycles. The van der Waals surface area contributed by atoms with Crippen molar-refractivity contribution in [3.05, 3.63) is 0 Å². The van der Waals surface area contributed by atoms with Crippen molar-refractivity contribution in [1.82, 2.24) is 6.15 Å². The second-order valence-corrected chi connectivity index (χ2v) is 1.80. The molecule has 0 aromatic carbocycles. The zero-order chi connectivity index (χ0) is 4.50. The van der Waals surface area contributed by atoms with E-state index < -0.39 is 9.05 Å². The molecular formula is H7NO4Si. The van der Waals surface area contributed by atoms with E-state index in [0.717, 1.165) is 0 Å². The highest BCUT2D eigenvalue weighted by Crippen LogP contribution is 1.67. The minimum Gasteiger partial charge on any atom is -0.368 e. The van der Waals surface area contributed by atoms with E-state index >= 15 is 0 Å². The zero-order valence-electron chi connectivity index (χ0n) is 3.00. The Morgan fingerprint density at radius 3 is 0.833 bits per heavy atom. The molecule has 0 aliphatic carbocycles. The smallest absolute Gasteiger partial charge is 0.368 e. The third-order valence-corrected chi connectivity index (χ3v) is 0. The lowest BCUT2D eigenvalue weighted by molar-refractivity contribution is 0.117. The first kappa shape index (κ1) is 9.39. The van der Waals surface area contributed by atoms with Gasteiger partial charge >= 0.3 is 9.05 Å². The minimum absolute atomic E-state index is 0. The summed E-state index contributed by atoms with van der Waals surface area (Å²) in [5.41, 5.74) is 0. The molecule has 0 rings (SSSR count). The predicted octanol–water partition coefficient (Wildman–Crippen LogP) is -2.45. The van der Waals surface area contributed by atoms with E-state index in [1.54, 1.807) is 0 Å². The van der Waals surface area contributed by atoms with Gasteiger partial charge in [0.25, 0.3) is 0 Å². The molecule has 0 spiro atoms. The summed E-state index contributed by atoms with van der Waals surface area (Å²) in [6.07, 6.45) is 0. The van der Waals surface area contributed by atoms with Crippen molar-refractivity contribution in [2.45, 2.75) is 0 Å². The summed E-state index contributed by atoms with van der Waals surface area (Å²) in [6.45, 7) is 0. The Morgan fingerprint density at radius 1 is 0.833 bits per heavy atom. The summed E-state index contributed by atoms with van der Waals surface area (Å²) >= 11 is 0. The van der Waals surface area contributed by atoms with Crippen LogP contribution in [0.25, 0.3) is 0 Å². The fraction of sp³-hybridized carbons (Fsp3) is 0. The van der Waals surface area contributed by atoms with Crippen LogP contribution in [0, 0.1) is 0 Å². The van der Waals surface area contributed by atoms with E-state index in [-0.39, 0.29) is 6.15 Å². The van der Waals surface area contributed by atoms with Crippen LogP contribution in [0.15, 0.2) is 0 Å². The predicted molar refractivity (Wildman–Crippen MR) is 19.7 cm³/mol. The van der Waals surface area contributed by atoms with Gasteiger partial charge in [-0.3, -0.25) is 0 Å². The fourth-order valence-corrected chi connectivity index (χ4v) is 0. The molecule has 6 heavy (non-hydrogen) atoms. The summed E-state index contributed by atoms with van der Waals surface area (Å²) in [5.74, 6) is 0. The second kappa shape index (κ2) is 2.24. The Labute approximate surface area is 35.6 Å². The molecule has 0 amide bonds. The third-order valence-electron chi connectivity index (χ3n) is 0. The van der Waals surface area contributed by atoms with Crippen LogP contribution in [-0.4, -0.2) is 28.2 Å². The lowest BCUT2D eigenvalue weighted by atomic mass is 14.0. The molecule has 0 aromatic rings. The van der Waals surface area contributed by atoms with Gasteiger partial charge in [0, 0.05) is 0 Å². The Morgan fingerprint density at radius 2 is 0.833 bits per heavy atom.